The van der Waals surface area contributed by atoms with Gasteiger partial charge in [-0.05, 0) is 19.4 Å². The summed E-state index contributed by atoms with van der Waals surface area (Å²) in [7, 11) is 0. The Morgan fingerprint density at radius 1 is 1.58 bits per heavy atom. The van der Waals surface area contributed by atoms with Gasteiger partial charge >= 0.3 is 0 Å². The van der Waals surface area contributed by atoms with Gasteiger partial charge < -0.3 is 15.5 Å². The molecule has 1 saturated heterocycles. The molecule has 0 bridgehead atoms. The zero-order valence-corrected chi connectivity index (χ0v) is 6.99. The van der Waals surface area contributed by atoms with E-state index in [1.54, 1.807) is 0 Å². The summed E-state index contributed by atoms with van der Waals surface area (Å²) in [5.74, 6) is -0.214. The highest BCUT2D eigenvalue weighted by Gasteiger charge is 2.24. The summed E-state index contributed by atoms with van der Waals surface area (Å²) in [6.07, 6.45) is 1.49. The molecule has 0 aromatic rings. The Morgan fingerprint density at radius 2 is 2.33 bits per heavy atom. The van der Waals surface area contributed by atoms with E-state index >= 15 is 0 Å². The summed E-state index contributed by atoms with van der Waals surface area (Å²) < 4.78 is 0. The minimum Gasteiger partial charge on any atom is -0.391 e. The molecule has 1 fully saturated rings. The Labute approximate surface area is 71.6 Å². The number of carbonyl (C=O) groups excluding carboxylic acids is 1. The van der Waals surface area contributed by atoms with Crippen LogP contribution in [0.1, 0.15) is 19.3 Å². The maximum atomic E-state index is 10.8. The molecule has 2 atom stereocenters. The van der Waals surface area contributed by atoms with Gasteiger partial charge in [-0.2, -0.15) is 0 Å². The number of hydrogen-bond donors (Lipinski definition) is 3. The van der Waals surface area contributed by atoms with Crippen LogP contribution in [0.15, 0.2) is 0 Å². The van der Waals surface area contributed by atoms with Crippen LogP contribution in [-0.2, 0) is 4.79 Å². The maximum absolute atomic E-state index is 10.8. The second-order valence-electron chi connectivity index (χ2n) is 3.17. The molecule has 0 aliphatic carbocycles. The van der Waals surface area contributed by atoms with Crippen molar-refractivity contribution < 1.29 is 15.0 Å². The lowest BCUT2D eigenvalue weighted by Gasteiger charge is -2.28. The van der Waals surface area contributed by atoms with Crippen molar-refractivity contribution in [2.75, 3.05) is 13.2 Å². The topological polar surface area (TPSA) is 69.6 Å². The predicted molar refractivity (Wildman–Crippen MR) is 43.7 cm³/mol. The SMILES string of the molecule is O=C(CO)C[C@H]1NCCC[C@H]1O. The summed E-state index contributed by atoms with van der Waals surface area (Å²) in [6.45, 7) is 0.422. The number of nitrogens with one attached hydrogen (secondary N) is 1. The second kappa shape index (κ2) is 4.54. The Balaban J connectivity index is 2.33. The van der Waals surface area contributed by atoms with Crippen LogP contribution in [0.4, 0.5) is 0 Å². The maximum Gasteiger partial charge on any atom is 0.159 e. The molecule has 1 rings (SSSR count). The van der Waals surface area contributed by atoms with Gasteiger partial charge in [-0.3, -0.25) is 4.79 Å². The van der Waals surface area contributed by atoms with Crippen LogP contribution < -0.4 is 5.32 Å². The first-order valence-corrected chi connectivity index (χ1v) is 4.28. The number of rotatable bonds is 3. The minimum absolute atomic E-state index is 0.154. The molecule has 0 unspecified atom stereocenters. The number of hydrogen-bond acceptors (Lipinski definition) is 4. The van der Waals surface area contributed by atoms with Crippen LogP contribution in [0.2, 0.25) is 0 Å². The number of ketones is 1. The molecule has 1 heterocycles. The molecule has 1 aliphatic rings. The van der Waals surface area contributed by atoms with Crippen LogP contribution in [-0.4, -0.2) is 41.3 Å². The van der Waals surface area contributed by atoms with Crippen molar-refractivity contribution in [2.24, 2.45) is 0 Å². The average Bonchev–Trinajstić information content (AvgIpc) is 2.09. The van der Waals surface area contributed by atoms with Gasteiger partial charge in [-0.1, -0.05) is 0 Å². The lowest BCUT2D eigenvalue weighted by atomic mass is 9.97. The van der Waals surface area contributed by atoms with E-state index in [2.05, 4.69) is 5.32 Å². The number of aliphatic hydroxyl groups is 2. The summed E-state index contributed by atoms with van der Waals surface area (Å²) in [5.41, 5.74) is 0. The van der Waals surface area contributed by atoms with Gasteiger partial charge in [0.15, 0.2) is 5.78 Å². The van der Waals surface area contributed by atoms with E-state index in [0.717, 1.165) is 19.4 Å². The lowest BCUT2D eigenvalue weighted by molar-refractivity contribution is -0.123. The van der Waals surface area contributed by atoms with Crippen LogP contribution >= 0.6 is 0 Å². The molecule has 0 radical (unpaired) electrons. The average molecular weight is 173 g/mol. The van der Waals surface area contributed by atoms with Crippen LogP contribution in [0.5, 0.6) is 0 Å². The van der Waals surface area contributed by atoms with E-state index in [1.165, 1.54) is 0 Å². The third-order valence-electron chi connectivity index (χ3n) is 2.17. The van der Waals surface area contributed by atoms with Gasteiger partial charge in [0.25, 0.3) is 0 Å². The van der Waals surface area contributed by atoms with Crippen molar-refractivity contribution in [3.8, 4) is 0 Å². The van der Waals surface area contributed by atoms with E-state index < -0.39 is 12.7 Å². The Morgan fingerprint density at radius 3 is 2.92 bits per heavy atom. The molecule has 0 aromatic heterocycles. The van der Waals surface area contributed by atoms with E-state index in [-0.39, 0.29) is 18.2 Å². The van der Waals surface area contributed by atoms with Gasteiger partial charge in [0, 0.05) is 12.5 Å². The van der Waals surface area contributed by atoms with Crippen LogP contribution in [0, 0.1) is 0 Å². The summed E-state index contributed by atoms with van der Waals surface area (Å²) >= 11 is 0. The summed E-state index contributed by atoms with van der Waals surface area (Å²) in [5, 5.41) is 21.0. The third-order valence-corrected chi connectivity index (χ3v) is 2.17. The highest BCUT2D eigenvalue weighted by atomic mass is 16.3. The van der Waals surface area contributed by atoms with Gasteiger partial charge in [0.1, 0.15) is 6.61 Å². The van der Waals surface area contributed by atoms with Crippen molar-refractivity contribution in [3.05, 3.63) is 0 Å². The second-order valence-corrected chi connectivity index (χ2v) is 3.17. The van der Waals surface area contributed by atoms with E-state index in [4.69, 9.17) is 5.11 Å². The monoisotopic (exact) mass is 173 g/mol. The Kier molecular flexibility index (Phi) is 3.65. The van der Waals surface area contributed by atoms with Crippen molar-refractivity contribution >= 4 is 5.78 Å². The van der Waals surface area contributed by atoms with Gasteiger partial charge in [0.2, 0.25) is 0 Å². The molecular weight excluding hydrogens is 158 g/mol. The molecule has 4 heteroatoms. The molecule has 4 nitrogen and oxygen atoms in total. The van der Waals surface area contributed by atoms with Gasteiger partial charge in [0.05, 0.1) is 6.10 Å². The fourth-order valence-corrected chi connectivity index (χ4v) is 1.45. The Bertz CT molecular complexity index is 160. The zero-order valence-electron chi connectivity index (χ0n) is 6.99. The predicted octanol–water partition coefficient (Wildman–Crippen LogP) is -0.949. The fraction of sp³-hybridized carbons (Fsp3) is 0.875. The first-order chi connectivity index (χ1) is 5.74. The van der Waals surface area contributed by atoms with E-state index in [1.807, 2.05) is 0 Å². The standard InChI is InChI=1S/C8H15NO3/c10-5-6(11)4-7-8(12)2-1-3-9-7/h7-10,12H,1-5H2/t7-,8-/m1/s1. The molecule has 3 N–H and O–H groups in total. The molecule has 12 heavy (non-hydrogen) atoms. The first kappa shape index (κ1) is 9.64. The number of aliphatic hydroxyl groups excluding tert-OH is 2. The van der Waals surface area contributed by atoms with Crippen LogP contribution in [0.3, 0.4) is 0 Å². The molecule has 0 aromatic carbocycles. The highest BCUT2D eigenvalue weighted by Crippen LogP contribution is 2.11. The van der Waals surface area contributed by atoms with Gasteiger partial charge in [-0.15, -0.1) is 0 Å². The van der Waals surface area contributed by atoms with Crippen molar-refractivity contribution in [1.82, 2.24) is 5.32 Å². The Hall–Kier alpha value is -0.450. The molecular formula is C8H15NO3. The molecule has 0 spiro atoms. The quantitative estimate of drug-likeness (QED) is 0.514. The van der Waals surface area contributed by atoms with E-state index in [0.29, 0.717) is 0 Å². The molecule has 0 saturated carbocycles. The molecule has 1 aliphatic heterocycles. The fourth-order valence-electron chi connectivity index (χ4n) is 1.45. The van der Waals surface area contributed by atoms with E-state index in [9.17, 15) is 9.90 Å². The molecule has 0 amide bonds. The number of Topliss-reactive ketones (excluding diaryl/α,β-unsaturated/α-hetero) is 1. The van der Waals surface area contributed by atoms with Crippen LogP contribution in [0.25, 0.3) is 0 Å². The zero-order chi connectivity index (χ0) is 8.97. The van der Waals surface area contributed by atoms with Crippen molar-refractivity contribution in [3.63, 3.8) is 0 Å². The summed E-state index contributed by atoms with van der Waals surface area (Å²) in [4.78, 5) is 10.8. The van der Waals surface area contributed by atoms with Crippen molar-refractivity contribution in [1.29, 1.82) is 0 Å². The highest BCUT2D eigenvalue weighted by molar-refractivity contribution is 5.80. The number of carbonyl (C=O) groups is 1. The van der Waals surface area contributed by atoms with Gasteiger partial charge in [-0.25, -0.2) is 0 Å². The van der Waals surface area contributed by atoms with Crippen molar-refractivity contribution in [2.45, 2.75) is 31.4 Å². The number of piperidine rings is 1. The summed E-state index contributed by atoms with van der Waals surface area (Å²) in [6, 6.07) is -0.154. The normalized spacial score (nSPS) is 30.2. The smallest absolute Gasteiger partial charge is 0.159 e. The molecule has 70 valence electrons. The lowest BCUT2D eigenvalue weighted by Crippen LogP contribution is -2.46. The minimum atomic E-state index is -0.436. The first-order valence-electron chi connectivity index (χ1n) is 4.28. The largest absolute Gasteiger partial charge is 0.391 e. The third kappa shape index (κ3) is 2.55.